The Labute approximate surface area is 254 Å². The molecular weight excluding hydrogens is 559 g/mol. The van der Waals surface area contributed by atoms with Crippen LogP contribution in [0.5, 0.6) is 0 Å². The number of hydrogen-bond acceptors (Lipinski definition) is 5. The summed E-state index contributed by atoms with van der Waals surface area (Å²) in [5, 5.41) is 1.04. The van der Waals surface area contributed by atoms with Gasteiger partial charge in [0.05, 0.1) is 22.6 Å². The highest BCUT2D eigenvalue weighted by Gasteiger charge is 2.28. The normalized spacial score (nSPS) is 14.0. The van der Waals surface area contributed by atoms with E-state index in [-0.39, 0.29) is 23.3 Å². The Morgan fingerprint density at radius 2 is 1.40 bits per heavy atom. The number of aromatic nitrogens is 2. The van der Waals surface area contributed by atoms with Crippen molar-refractivity contribution < 1.29 is 9.18 Å². The number of halogens is 1. The standard InChI is InChI=1S/C35H33FN4O2S/c36-28-17-19-29(20-18-28)40-34(42)30-14-7-8-15-31(30)37-35(40)43-25-9-16-32(41)38-21-23-39(24-22-38)33(26-10-3-1-4-11-26)27-12-5-2-6-13-27/h1-8,10-15,17-20,33H,9,16,21-25H2. The molecule has 1 aliphatic heterocycles. The number of benzene rings is 4. The first-order valence-corrected chi connectivity index (χ1v) is 15.6. The molecule has 1 fully saturated rings. The molecule has 1 amide bonds. The largest absolute Gasteiger partial charge is 0.340 e. The van der Waals surface area contributed by atoms with Crippen molar-refractivity contribution >= 4 is 28.6 Å². The van der Waals surface area contributed by atoms with Gasteiger partial charge in [-0.25, -0.2) is 9.37 Å². The van der Waals surface area contributed by atoms with Crippen LogP contribution < -0.4 is 5.56 Å². The van der Waals surface area contributed by atoms with E-state index in [9.17, 15) is 14.0 Å². The first-order valence-electron chi connectivity index (χ1n) is 14.6. The lowest BCUT2D eigenvalue weighted by Crippen LogP contribution is -2.49. The van der Waals surface area contributed by atoms with E-state index in [4.69, 9.17) is 4.98 Å². The summed E-state index contributed by atoms with van der Waals surface area (Å²) in [7, 11) is 0. The Balaban J connectivity index is 1.08. The zero-order chi connectivity index (χ0) is 29.6. The smallest absolute Gasteiger partial charge is 0.266 e. The van der Waals surface area contributed by atoms with Crippen LogP contribution in [0.15, 0.2) is 119 Å². The maximum absolute atomic E-state index is 13.6. The van der Waals surface area contributed by atoms with Crippen molar-refractivity contribution in [3.63, 3.8) is 0 Å². The highest BCUT2D eigenvalue weighted by atomic mass is 32.2. The molecule has 0 atom stereocenters. The monoisotopic (exact) mass is 592 g/mol. The second-order valence-corrected chi connectivity index (χ2v) is 11.7. The topological polar surface area (TPSA) is 58.4 Å². The fourth-order valence-corrected chi connectivity index (χ4v) is 6.64. The van der Waals surface area contributed by atoms with Crippen molar-refractivity contribution in [2.24, 2.45) is 0 Å². The highest BCUT2D eigenvalue weighted by Crippen LogP contribution is 2.30. The average Bonchev–Trinajstić information content (AvgIpc) is 3.05. The quantitative estimate of drug-likeness (QED) is 0.114. The summed E-state index contributed by atoms with van der Waals surface area (Å²) in [6, 6.07) is 34.3. The lowest BCUT2D eigenvalue weighted by atomic mass is 9.96. The van der Waals surface area contributed by atoms with E-state index >= 15 is 0 Å². The molecule has 0 saturated carbocycles. The van der Waals surface area contributed by atoms with Gasteiger partial charge in [-0.2, -0.15) is 0 Å². The first-order chi connectivity index (χ1) is 21.1. The van der Waals surface area contributed by atoms with Crippen LogP contribution in [-0.4, -0.2) is 57.2 Å². The predicted molar refractivity (Wildman–Crippen MR) is 170 cm³/mol. The van der Waals surface area contributed by atoms with Gasteiger partial charge in [0.15, 0.2) is 5.16 Å². The fourth-order valence-electron chi connectivity index (χ4n) is 5.69. The summed E-state index contributed by atoms with van der Waals surface area (Å²) in [5.74, 6) is 0.412. The number of piperazine rings is 1. The van der Waals surface area contributed by atoms with Gasteiger partial charge < -0.3 is 4.90 Å². The molecular formula is C35H33FN4O2S. The van der Waals surface area contributed by atoms with Crippen molar-refractivity contribution in [2.45, 2.75) is 24.0 Å². The number of para-hydroxylation sites is 1. The molecule has 2 heterocycles. The molecule has 8 heteroatoms. The molecule has 1 aliphatic rings. The third-order valence-corrected chi connectivity index (χ3v) is 8.88. The van der Waals surface area contributed by atoms with Gasteiger partial charge in [-0.1, -0.05) is 84.6 Å². The molecule has 6 nitrogen and oxygen atoms in total. The number of carbonyl (C=O) groups is 1. The van der Waals surface area contributed by atoms with Crippen molar-refractivity contribution in [2.75, 3.05) is 31.9 Å². The molecule has 1 aromatic heterocycles. The number of thioether (sulfide) groups is 1. The summed E-state index contributed by atoms with van der Waals surface area (Å²) >= 11 is 1.44. The molecule has 5 aromatic rings. The predicted octanol–water partition coefficient (Wildman–Crippen LogP) is 6.33. The van der Waals surface area contributed by atoms with Crippen LogP contribution in [0.1, 0.15) is 30.0 Å². The van der Waals surface area contributed by atoms with Gasteiger partial charge >= 0.3 is 0 Å². The van der Waals surface area contributed by atoms with E-state index in [0.717, 1.165) is 13.1 Å². The second-order valence-electron chi connectivity index (χ2n) is 10.6. The molecule has 0 bridgehead atoms. The van der Waals surface area contributed by atoms with Crippen molar-refractivity contribution in [3.8, 4) is 5.69 Å². The molecule has 0 aliphatic carbocycles. The Bertz CT molecular complexity index is 1700. The molecule has 218 valence electrons. The number of fused-ring (bicyclic) bond motifs is 1. The molecule has 43 heavy (non-hydrogen) atoms. The van der Waals surface area contributed by atoms with E-state index in [2.05, 4.69) is 53.4 Å². The van der Waals surface area contributed by atoms with Crippen LogP contribution in [0, 0.1) is 5.82 Å². The van der Waals surface area contributed by atoms with Gasteiger partial charge in [0.25, 0.3) is 5.56 Å². The molecule has 6 rings (SSSR count). The van der Waals surface area contributed by atoms with E-state index in [1.54, 1.807) is 18.2 Å². The van der Waals surface area contributed by atoms with Gasteiger partial charge in [0, 0.05) is 38.4 Å². The Hall–Kier alpha value is -4.27. The maximum atomic E-state index is 13.6. The number of carbonyl (C=O) groups excluding carboxylic acids is 1. The Morgan fingerprint density at radius 3 is 2.05 bits per heavy atom. The highest BCUT2D eigenvalue weighted by molar-refractivity contribution is 7.99. The van der Waals surface area contributed by atoms with Crippen LogP contribution in [0.3, 0.4) is 0 Å². The van der Waals surface area contributed by atoms with Gasteiger partial charge in [0.1, 0.15) is 5.82 Å². The summed E-state index contributed by atoms with van der Waals surface area (Å²) in [6.07, 6.45) is 1.09. The minimum atomic E-state index is -0.366. The van der Waals surface area contributed by atoms with Gasteiger partial charge in [-0.15, -0.1) is 0 Å². The minimum Gasteiger partial charge on any atom is -0.340 e. The SMILES string of the molecule is O=C(CCCSc1nc2ccccc2c(=O)n1-c1ccc(F)cc1)N1CCN(C(c2ccccc2)c2ccccc2)CC1. The lowest BCUT2D eigenvalue weighted by molar-refractivity contribution is -0.133. The van der Waals surface area contributed by atoms with Crippen LogP contribution in [-0.2, 0) is 4.79 Å². The summed E-state index contributed by atoms with van der Waals surface area (Å²) in [5.41, 5.74) is 3.49. The zero-order valence-electron chi connectivity index (χ0n) is 23.8. The average molecular weight is 593 g/mol. The molecule has 0 unspecified atom stereocenters. The summed E-state index contributed by atoms with van der Waals surface area (Å²) < 4.78 is 15.1. The van der Waals surface area contributed by atoms with Crippen molar-refractivity contribution in [1.82, 2.24) is 19.4 Å². The minimum absolute atomic E-state index is 0.151. The number of rotatable bonds is 9. The molecule has 4 aromatic carbocycles. The van der Waals surface area contributed by atoms with Crippen LogP contribution in [0.4, 0.5) is 4.39 Å². The van der Waals surface area contributed by atoms with E-state index in [1.165, 1.54) is 39.6 Å². The Morgan fingerprint density at radius 1 is 0.791 bits per heavy atom. The Kier molecular flexibility index (Phi) is 8.96. The molecule has 0 N–H and O–H groups in total. The third-order valence-electron chi connectivity index (χ3n) is 7.86. The fraction of sp³-hybridized carbons (Fsp3) is 0.229. The number of nitrogens with zero attached hydrogens (tertiary/aromatic N) is 4. The maximum Gasteiger partial charge on any atom is 0.266 e. The van der Waals surface area contributed by atoms with Crippen molar-refractivity contribution in [3.05, 3.63) is 136 Å². The first kappa shape index (κ1) is 28.8. The molecule has 0 spiro atoms. The number of hydrogen-bond donors (Lipinski definition) is 0. The molecule has 1 saturated heterocycles. The van der Waals surface area contributed by atoms with Gasteiger partial charge in [-0.05, 0) is 53.9 Å². The second kappa shape index (κ2) is 13.4. The van der Waals surface area contributed by atoms with Crippen molar-refractivity contribution in [1.29, 1.82) is 0 Å². The van der Waals surface area contributed by atoms with Gasteiger partial charge in [0.2, 0.25) is 5.91 Å². The third kappa shape index (κ3) is 6.55. The zero-order valence-corrected chi connectivity index (χ0v) is 24.6. The van der Waals surface area contributed by atoms with Gasteiger partial charge in [-0.3, -0.25) is 19.1 Å². The molecule has 0 radical (unpaired) electrons. The summed E-state index contributed by atoms with van der Waals surface area (Å²) in [4.78, 5) is 35.7. The van der Waals surface area contributed by atoms with E-state index in [1.807, 2.05) is 35.2 Å². The van der Waals surface area contributed by atoms with E-state index < -0.39 is 0 Å². The lowest BCUT2D eigenvalue weighted by Gasteiger charge is -2.40. The van der Waals surface area contributed by atoms with Crippen LogP contribution in [0.2, 0.25) is 0 Å². The van der Waals surface area contributed by atoms with Crippen LogP contribution in [0.25, 0.3) is 16.6 Å². The van der Waals surface area contributed by atoms with E-state index in [0.29, 0.717) is 53.4 Å². The van der Waals surface area contributed by atoms with Crippen LogP contribution >= 0.6 is 11.8 Å². The number of amides is 1. The summed E-state index contributed by atoms with van der Waals surface area (Å²) in [6.45, 7) is 3.00.